The Morgan fingerprint density at radius 2 is 2.17 bits per heavy atom. The van der Waals surface area contributed by atoms with Gasteiger partial charge in [-0.25, -0.2) is 0 Å². The van der Waals surface area contributed by atoms with Crippen LogP contribution in [0.25, 0.3) is 11.3 Å². The molecule has 0 N–H and O–H groups in total. The van der Waals surface area contributed by atoms with Gasteiger partial charge in [-0.3, -0.25) is 9.78 Å². The fraction of sp³-hybridized carbons (Fsp3) is 0.400. The number of benzene rings is 1. The number of ether oxygens (including phenoxy) is 1. The Balaban J connectivity index is 1.73. The van der Waals surface area contributed by atoms with Crippen molar-refractivity contribution in [2.75, 3.05) is 13.7 Å². The van der Waals surface area contributed by atoms with Gasteiger partial charge in [-0.05, 0) is 55.5 Å². The number of likely N-dealkylation sites (tertiary alicyclic amines) is 1. The Kier molecular flexibility index (Phi) is 5.14. The minimum Gasteiger partial charge on any atom is -0.496 e. The molecule has 0 aliphatic carbocycles. The normalized spacial score (nSPS) is 17.1. The molecule has 2 aromatic rings. The molecule has 1 unspecified atom stereocenters. The van der Waals surface area contributed by atoms with Gasteiger partial charge in [0, 0.05) is 31.3 Å². The van der Waals surface area contributed by atoms with Crippen LogP contribution in [0.15, 0.2) is 42.6 Å². The van der Waals surface area contributed by atoms with Gasteiger partial charge in [0.05, 0.1) is 12.8 Å². The van der Waals surface area contributed by atoms with Crippen LogP contribution in [0.1, 0.15) is 31.7 Å². The van der Waals surface area contributed by atoms with Crippen molar-refractivity contribution in [1.29, 1.82) is 0 Å². The van der Waals surface area contributed by atoms with E-state index in [-0.39, 0.29) is 5.91 Å². The van der Waals surface area contributed by atoms with E-state index >= 15 is 0 Å². The molecule has 4 heteroatoms. The number of para-hydroxylation sites is 1. The number of carbonyl (C=O) groups is 1. The largest absolute Gasteiger partial charge is 0.496 e. The Morgan fingerprint density at radius 1 is 1.33 bits per heavy atom. The molecule has 1 aliphatic heterocycles. The van der Waals surface area contributed by atoms with Crippen LogP contribution < -0.4 is 4.74 Å². The van der Waals surface area contributed by atoms with Gasteiger partial charge < -0.3 is 9.64 Å². The first-order valence-corrected chi connectivity index (χ1v) is 8.54. The third kappa shape index (κ3) is 3.58. The van der Waals surface area contributed by atoms with Crippen molar-refractivity contribution in [2.24, 2.45) is 0 Å². The fourth-order valence-corrected chi connectivity index (χ4v) is 3.52. The predicted molar refractivity (Wildman–Crippen MR) is 95.0 cm³/mol. The summed E-state index contributed by atoms with van der Waals surface area (Å²) in [5.74, 6) is 1.03. The van der Waals surface area contributed by atoms with E-state index in [1.54, 1.807) is 14.0 Å². The van der Waals surface area contributed by atoms with Crippen molar-refractivity contribution in [3.63, 3.8) is 0 Å². The molecule has 0 radical (unpaired) electrons. The zero-order chi connectivity index (χ0) is 16.9. The van der Waals surface area contributed by atoms with Gasteiger partial charge in [-0.15, -0.1) is 0 Å². The summed E-state index contributed by atoms with van der Waals surface area (Å²) in [4.78, 5) is 18.2. The smallest absolute Gasteiger partial charge is 0.219 e. The Labute approximate surface area is 143 Å². The highest BCUT2D eigenvalue weighted by atomic mass is 16.5. The molecule has 126 valence electrons. The molecule has 1 amide bonds. The minimum absolute atomic E-state index is 0.196. The molecule has 1 atom stereocenters. The van der Waals surface area contributed by atoms with Crippen LogP contribution in [-0.4, -0.2) is 35.5 Å². The molecule has 0 spiro atoms. The second kappa shape index (κ2) is 7.47. The maximum atomic E-state index is 11.7. The van der Waals surface area contributed by atoms with Crippen LogP contribution in [0.4, 0.5) is 0 Å². The fourth-order valence-electron chi connectivity index (χ4n) is 3.52. The first-order chi connectivity index (χ1) is 11.7. The molecule has 2 heterocycles. The second-order valence-electron chi connectivity index (χ2n) is 6.30. The van der Waals surface area contributed by atoms with E-state index in [1.807, 2.05) is 35.4 Å². The van der Waals surface area contributed by atoms with Gasteiger partial charge in [-0.1, -0.05) is 12.1 Å². The predicted octanol–water partition coefficient (Wildman–Crippen LogP) is 3.70. The topological polar surface area (TPSA) is 42.4 Å². The van der Waals surface area contributed by atoms with E-state index in [1.165, 1.54) is 5.56 Å². The van der Waals surface area contributed by atoms with Crippen molar-refractivity contribution < 1.29 is 9.53 Å². The van der Waals surface area contributed by atoms with Crippen molar-refractivity contribution in [3.05, 3.63) is 48.2 Å². The zero-order valence-corrected chi connectivity index (χ0v) is 14.4. The van der Waals surface area contributed by atoms with Gasteiger partial charge in [0.2, 0.25) is 5.91 Å². The second-order valence-corrected chi connectivity index (χ2v) is 6.30. The van der Waals surface area contributed by atoms with Crippen LogP contribution >= 0.6 is 0 Å². The third-order valence-electron chi connectivity index (χ3n) is 4.76. The quantitative estimate of drug-likeness (QED) is 0.842. The van der Waals surface area contributed by atoms with Crippen molar-refractivity contribution >= 4 is 5.91 Å². The molecule has 1 fully saturated rings. The summed E-state index contributed by atoms with van der Waals surface area (Å²) in [5, 5.41) is 0. The van der Waals surface area contributed by atoms with Gasteiger partial charge in [0.15, 0.2) is 0 Å². The molecule has 1 aromatic carbocycles. The monoisotopic (exact) mass is 324 g/mol. The first-order valence-electron chi connectivity index (χ1n) is 8.54. The molecular formula is C20H24N2O2. The minimum atomic E-state index is 0.196. The molecule has 1 aromatic heterocycles. The van der Waals surface area contributed by atoms with Crippen molar-refractivity contribution in [3.8, 4) is 17.0 Å². The maximum Gasteiger partial charge on any atom is 0.219 e. The third-order valence-corrected chi connectivity index (χ3v) is 4.76. The van der Waals surface area contributed by atoms with Gasteiger partial charge in [0.1, 0.15) is 5.75 Å². The van der Waals surface area contributed by atoms with Crippen LogP contribution in [0.5, 0.6) is 5.75 Å². The van der Waals surface area contributed by atoms with Gasteiger partial charge >= 0.3 is 0 Å². The summed E-state index contributed by atoms with van der Waals surface area (Å²) in [5.41, 5.74) is 3.19. The van der Waals surface area contributed by atoms with E-state index in [4.69, 9.17) is 4.74 Å². The van der Waals surface area contributed by atoms with Crippen molar-refractivity contribution in [1.82, 2.24) is 9.88 Å². The SMILES string of the molecule is COc1ccccc1-c1cc(CCC2CCCN2C(C)=O)ccn1. The standard InChI is InChI=1S/C20H24N2O2/c1-15(23)22-13-5-6-17(22)10-9-16-11-12-21-19(14-16)18-7-3-4-8-20(18)24-2/h3-4,7-8,11-12,14,17H,5-6,9-10,13H2,1-2H3. The Bertz CT molecular complexity index is 714. The van der Waals surface area contributed by atoms with E-state index in [0.29, 0.717) is 6.04 Å². The number of methoxy groups -OCH3 is 1. The maximum absolute atomic E-state index is 11.7. The molecule has 24 heavy (non-hydrogen) atoms. The van der Waals surface area contributed by atoms with Gasteiger partial charge in [-0.2, -0.15) is 0 Å². The molecular weight excluding hydrogens is 300 g/mol. The summed E-state index contributed by atoms with van der Waals surface area (Å²) in [6.45, 7) is 2.58. The number of carbonyl (C=O) groups excluding carboxylic acids is 1. The number of hydrogen-bond acceptors (Lipinski definition) is 3. The first kappa shape index (κ1) is 16.5. The number of aryl methyl sites for hydroxylation is 1. The molecule has 4 nitrogen and oxygen atoms in total. The van der Waals surface area contributed by atoms with Crippen molar-refractivity contribution in [2.45, 2.75) is 38.6 Å². The summed E-state index contributed by atoms with van der Waals surface area (Å²) in [7, 11) is 1.68. The molecule has 3 rings (SSSR count). The molecule has 1 aliphatic rings. The van der Waals surface area contributed by atoms with Crippen LogP contribution in [-0.2, 0) is 11.2 Å². The lowest BCUT2D eigenvalue weighted by molar-refractivity contribution is -0.129. The average Bonchev–Trinajstić information content (AvgIpc) is 3.09. The van der Waals surface area contributed by atoms with Gasteiger partial charge in [0.25, 0.3) is 0 Å². The summed E-state index contributed by atoms with van der Waals surface area (Å²) in [6.07, 6.45) is 6.06. The lowest BCUT2D eigenvalue weighted by atomic mass is 10.0. The van der Waals surface area contributed by atoms with E-state index < -0.39 is 0 Å². The highest BCUT2D eigenvalue weighted by Gasteiger charge is 2.25. The van der Waals surface area contributed by atoms with E-state index in [2.05, 4.69) is 17.1 Å². The number of hydrogen-bond donors (Lipinski definition) is 0. The van der Waals surface area contributed by atoms with Crippen LogP contribution in [0, 0.1) is 0 Å². The Hall–Kier alpha value is -2.36. The summed E-state index contributed by atoms with van der Waals surface area (Å²) >= 11 is 0. The molecule has 0 bridgehead atoms. The van der Waals surface area contributed by atoms with E-state index in [0.717, 1.165) is 49.2 Å². The molecule has 1 saturated heterocycles. The highest BCUT2D eigenvalue weighted by molar-refractivity contribution is 5.73. The highest BCUT2D eigenvalue weighted by Crippen LogP contribution is 2.29. The Morgan fingerprint density at radius 3 is 2.96 bits per heavy atom. The number of amides is 1. The van der Waals surface area contributed by atoms with Crippen LogP contribution in [0.2, 0.25) is 0 Å². The number of pyridine rings is 1. The zero-order valence-electron chi connectivity index (χ0n) is 14.4. The van der Waals surface area contributed by atoms with E-state index in [9.17, 15) is 4.79 Å². The number of rotatable bonds is 5. The number of aromatic nitrogens is 1. The average molecular weight is 324 g/mol. The summed E-state index contributed by atoms with van der Waals surface area (Å²) in [6, 6.07) is 12.5. The molecule has 0 saturated carbocycles. The van der Waals surface area contributed by atoms with Crippen LogP contribution in [0.3, 0.4) is 0 Å². The summed E-state index contributed by atoms with van der Waals surface area (Å²) < 4.78 is 5.44. The lowest BCUT2D eigenvalue weighted by Crippen LogP contribution is -2.33. The lowest BCUT2D eigenvalue weighted by Gasteiger charge is -2.23. The number of nitrogens with zero attached hydrogens (tertiary/aromatic N) is 2.